The van der Waals surface area contributed by atoms with Gasteiger partial charge in [-0.1, -0.05) is 25.4 Å². The zero-order valence-corrected chi connectivity index (χ0v) is 22.3. The molecular weight excluding hydrogens is 504 g/mol. The van der Waals surface area contributed by atoms with Gasteiger partial charge in [0.05, 0.1) is 34.1 Å². The second-order valence-electron chi connectivity index (χ2n) is 11.8. The summed E-state index contributed by atoms with van der Waals surface area (Å²) in [6.07, 6.45) is 4.04. The number of benzene rings is 1. The Morgan fingerprint density at radius 2 is 1.84 bits per heavy atom. The minimum absolute atomic E-state index is 0.0277. The van der Waals surface area contributed by atoms with E-state index < -0.39 is 0 Å². The van der Waals surface area contributed by atoms with E-state index >= 15 is 0 Å². The van der Waals surface area contributed by atoms with E-state index in [1.165, 1.54) is 10.4 Å². The first-order chi connectivity index (χ1) is 17.8. The number of halogens is 1. The Kier molecular flexibility index (Phi) is 4.47. The van der Waals surface area contributed by atoms with E-state index in [4.69, 9.17) is 11.6 Å². The molecule has 188 valence electrons. The molecule has 5 heterocycles. The van der Waals surface area contributed by atoms with Gasteiger partial charge in [-0.3, -0.25) is 19.5 Å². The Balaban J connectivity index is 1.17. The first-order valence-corrected chi connectivity index (χ1v) is 14.2. The van der Waals surface area contributed by atoms with Crippen molar-refractivity contribution in [1.82, 2.24) is 19.8 Å². The molecule has 2 saturated heterocycles. The van der Waals surface area contributed by atoms with Gasteiger partial charge in [-0.25, -0.2) is 0 Å². The topological polar surface area (TPSA) is 67.2 Å². The van der Waals surface area contributed by atoms with Gasteiger partial charge in [0, 0.05) is 45.4 Å². The van der Waals surface area contributed by atoms with Crippen molar-refractivity contribution in [1.29, 1.82) is 0 Å². The van der Waals surface area contributed by atoms with Crippen molar-refractivity contribution in [2.75, 3.05) is 13.1 Å². The quantitative estimate of drug-likeness (QED) is 0.361. The van der Waals surface area contributed by atoms with Crippen LogP contribution in [0.4, 0.5) is 0 Å². The molecule has 2 amide bonds. The fourth-order valence-electron chi connectivity index (χ4n) is 7.31. The van der Waals surface area contributed by atoms with E-state index in [0.29, 0.717) is 11.6 Å². The number of thiophene rings is 1. The molecule has 4 aliphatic rings. The number of likely N-dealkylation sites (tertiary alicyclic amines) is 1. The molecule has 2 aliphatic carbocycles. The Labute approximate surface area is 223 Å². The fourth-order valence-corrected chi connectivity index (χ4v) is 8.66. The molecule has 8 rings (SSSR count). The number of amides is 2. The van der Waals surface area contributed by atoms with Crippen molar-refractivity contribution < 1.29 is 9.59 Å². The van der Waals surface area contributed by atoms with E-state index in [2.05, 4.69) is 39.3 Å². The lowest BCUT2D eigenvalue weighted by Gasteiger charge is -2.19. The highest BCUT2D eigenvalue weighted by atomic mass is 35.5. The largest absolute Gasteiger partial charge is 0.347 e. The molecule has 2 aliphatic heterocycles. The molecule has 0 bridgehead atoms. The summed E-state index contributed by atoms with van der Waals surface area (Å²) in [5.74, 6) is 1.97. The van der Waals surface area contributed by atoms with E-state index in [1.54, 1.807) is 11.3 Å². The maximum absolute atomic E-state index is 12.9. The van der Waals surface area contributed by atoms with Crippen LogP contribution >= 0.6 is 22.9 Å². The number of carbonyl (C=O) groups is 2. The number of imide groups is 1. The number of nitrogens with one attached hydrogen (secondary N) is 1. The summed E-state index contributed by atoms with van der Waals surface area (Å²) in [5.41, 5.74) is 4.10. The normalized spacial score (nSPS) is 29.4. The number of fused-ring (bicyclic) bond motifs is 4. The predicted octanol–water partition coefficient (Wildman–Crippen LogP) is 5.18. The summed E-state index contributed by atoms with van der Waals surface area (Å²) in [7, 11) is 0. The maximum atomic E-state index is 12.9. The average molecular weight is 531 g/mol. The van der Waals surface area contributed by atoms with Crippen LogP contribution in [0.5, 0.6) is 0 Å². The van der Waals surface area contributed by atoms with Crippen molar-refractivity contribution >= 4 is 55.9 Å². The van der Waals surface area contributed by atoms with Gasteiger partial charge in [0.1, 0.15) is 0 Å². The number of hydrogen-bond donors (Lipinski definition) is 1. The minimum Gasteiger partial charge on any atom is -0.347 e. The standard InChI is InChI=1S/C29H27ClN4O2S/c1-29(2)23-24(29)28(36)34(27(23)35)12-16-9-22-26(37-16)17(3-5-32-22)18-8-15(30)7-14-4-6-33(25(14)18)13-21-19-10-31-11-20(19)21/h3-9,19-21,23-24,31H,10-13H2,1-2H3. The molecule has 8 heteroatoms. The highest BCUT2D eigenvalue weighted by Gasteiger charge is 2.72. The van der Waals surface area contributed by atoms with Crippen molar-refractivity contribution in [3.63, 3.8) is 0 Å². The van der Waals surface area contributed by atoms with E-state index in [-0.39, 0.29) is 29.1 Å². The fraction of sp³-hybridized carbons (Fsp3) is 0.414. The molecule has 4 fully saturated rings. The van der Waals surface area contributed by atoms with Crippen LogP contribution in [-0.4, -0.2) is 39.4 Å². The number of rotatable bonds is 5. The minimum atomic E-state index is -0.192. The van der Waals surface area contributed by atoms with Crippen LogP contribution in [-0.2, 0) is 22.7 Å². The van der Waals surface area contributed by atoms with Crippen LogP contribution in [0, 0.1) is 35.0 Å². The van der Waals surface area contributed by atoms with Crippen molar-refractivity contribution in [3.05, 3.63) is 52.6 Å². The molecule has 4 atom stereocenters. The van der Waals surface area contributed by atoms with Gasteiger partial charge < -0.3 is 9.88 Å². The monoisotopic (exact) mass is 530 g/mol. The summed E-state index contributed by atoms with van der Waals surface area (Å²) in [4.78, 5) is 32.9. The van der Waals surface area contributed by atoms with Crippen LogP contribution in [0.3, 0.4) is 0 Å². The number of pyridine rings is 1. The van der Waals surface area contributed by atoms with Crippen LogP contribution < -0.4 is 5.32 Å². The molecule has 1 aromatic carbocycles. The van der Waals surface area contributed by atoms with Crippen LogP contribution in [0.1, 0.15) is 18.7 Å². The maximum Gasteiger partial charge on any atom is 0.234 e. The number of piperidine rings is 2. The highest BCUT2D eigenvalue weighted by molar-refractivity contribution is 7.19. The van der Waals surface area contributed by atoms with Gasteiger partial charge in [0.15, 0.2) is 0 Å². The SMILES string of the molecule is CC1(C)C2C(=O)N(Cc3cc4nccc(-c5cc(Cl)cc6ccn(CC7C8CNCC87)c56)c4s3)C(=O)C21. The van der Waals surface area contributed by atoms with E-state index in [9.17, 15) is 9.59 Å². The second kappa shape index (κ2) is 7.43. The zero-order chi connectivity index (χ0) is 25.2. The summed E-state index contributed by atoms with van der Waals surface area (Å²) in [5, 5.41) is 5.35. The van der Waals surface area contributed by atoms with Gasteiger partial charge in [-0.05, 0) is 66.6 Å². The molecule has 1 N–H and O–H groups in total. The molecule has 2 saturated carbocycles. The van der Waals surface area contributed by atoms with E-state index in [1.807, 2.05) is 32.2 Å². The number of aromatic nitrogens is 2. The van der Waals surface area contributed by atoms with Gasteiger partial charge in [0.2, 0.25) is 11.8 Å². The molecule has 4 aromatic rings. The number of hydrogen-bond acceptors (Lipinski definition) is 5. The smallest absolute Gasteiger partial charge is 0.234 e. The zero-order valence-electron chi connectivity index (χ0n) is 20.7. The number of nitrogens with zero attached hydrogens (tertiary/aromatic N) is 3. The first kappa shape index (κ1) is 22.3. The molecular formula is C29H27ClN4O2S. The summed E-state index contributed by atoms with van der Waals surface area (Å²) in [6.45, 7) is 7.64. The Bertz CT molecular complexity index is 1620. The van der Waals surface area contributed by atoms with E-state index in [0.717, 1.165) is 69.0 Å². The second-order valence-corrected chi connectivity index (χ2v) is 13.4. The van der Waals surface area contributed by atoms with Gasteiger partial charge in [-0.2, -0.15) is 0 Å². The summed E-state index contributed by atoms with van der Waals surface area (Å²) in [6, 6.07) is 10.4. The Morgan fingerprint density at radius 1 is 1.08 bits per heavy atom. The lowest BCUT2D eigenvalue weighted by Crippen LogP contribution is -2.35. The predicted molar refractivity (Wildman–Crippen MR) is 145 cm³/mol. The Hall–Kier alpha value is -2.74. The lowest BCUT2D eigenvalue weighted by molar-refractivity contribution is -0.143. The first-order valence-electron chi connectivity index (χ1n) is 13.0. The molecule has 6 nitrogen and oxygen atoms in total. The van der Waals surface area contributed by atoms with Crippen molar-refractivity contribution in [2.24, 2.45) is 35.0 Å². The number of carbonyl (C=O) groups excluding carboxylic acids is 2. The van der Waals surface area contributed by atoms with Gasteiger partial charge >= 0.3 is 0 Å². The molecule has 4 unspecified atom stereocenters. The molecule has 0 radical (unpaired) electrons. The van der Waals surface area contributed by atoms with Crippen molar-refractivity contribution in [2.45, 2.75) is 26.9 Å². The van der Waals surface area contributed by atoms with Crippen LogP contribution in [0.25, 0.3) is 32.2 Å². The Morgan fingerprint density at radius 3 is 2.59 bits per heavy atom. The highest BCUT2D eigenvalue weighted by Crippen LogP contribution is 2.63. The van der Waals surface area contributed by atoms with Crippen LogP contribution in [0.15, 0.2) is 42.7 Å². The third kappa shape index (κ3) is 3.11. The van der Waals surface area contributed by atoms with Gasteiger partial charge in [0.25, 0.3) is 0 Å². The lowest BCUT2D eigenvalue weighted by atomic mass is 10.0. The van der Waals surface area contributed by atoms with Crippen LogP contribution in [0.2, 0.25) is 5.02 Å². The summed E-state index contributed by atoms with van der Waals surface area (Å²) < 4.78 is 3.46. The summed E-state index contributed by atoms with van der Waals surface area (Å²) >= 11 is 8.23. The molecule has 3 aromatic heterocycles. The molecule has 0 spiro atoms. The van der Waals surface area contributed by atoms with Crippen molar-refractivity contribution in [3.8, 4) is 11.1 Å². The third-order valence-corrected chi connectivity index (χ3v) is 10.8. The van der Waals surface area contributed by atoms with Gasteiger partial charge in [-0.15, -0.1) is 11.3 Å². The molecule has 37 heavy (non-hydrogen) atoms. The third-order valence-electron chi connectivity index (χ3n) is 9.46. The average Bonchev–Trinajstić information content (AvgIpc) is 3.31.